The van der Waals surface area contributed by atoms with Crippen LogP contribution >= 0.6 is 0 Å². The molecule has 2 rings (SSSR count). The molecule has 0 radical (unpaired) electrons. The second-order valence-corrected chi connectivity index (χ2v) is 5.25. The van der Waals surface area contributed by atoms with E-state index in [4.69, 9.17) is 0 Å². The number of hydrogen-bond acceptors (Lipinski definition) is 4. The number of nitrogens with zero attached hydrogens (tertiary/aromatic N) is 5. The molecule has 0 aliphatic rings. The second-order valence-electron chi connectivity index (χ2n) is 5.25. The van der Waals surface area contributed by atoms with Crippen molar-refractivity contribution in [3.63, 3.8) is 0 Å². The van der Waals surface area contributed by atoms with Crippen LogP contribution in [0.1, 0.15) is 45.3 Å². The maximum absolute atomic E-state index is 4.53. The molecular formula is C13H22N6. The third-order valence-electron chi connectivity index (χ3n) is 2.87. The van der Waals surface area contributed by atoms with Gasteiger partial charge in [-0.15, -0.1) is 0 Å². The minimum Gasteiger partial charge on any atom is -0.308 e. The third kappa shape index (κ3) is 3.64. The van der Waals surface area contributed by atoms with E-state index in [0.29, 0.717) is 18.6 Å². The summed E-state index contributed by atoms with van der Waals surface area (Å²) in [5.74, 6) is 0.938. The van der Waals surface area contributed by atoms with Gasteiger partial charge in [0.15, 0.2) is 0 Å². The molecule has 2 aromatic rings. The predicted octanol–water partition coefficient (Wildman–Crippen LogP) is 1.60. The number of nitrogens with one attached hydrogen (secondary N) is 1. The topological polar surface area (TPSA) is 60.6 Å². The number of hydrogen-bond donors (Lipinski definition) is 1. The molecule has 6 heteroatoms. The molecule has 0 saturated carbocycles. The first-order valence-corrected chi connectivity index (χ1v) is 6.70. The molecule has 0 atom stereocenters. The Kier molecular flexibility index (Phi) is 4.31. The highest BCUT2D eigenvalue weighted by atomic mass is 15.4. The van der Waals surface area contributed by atoms with Gasteiger partial charge in [-0.25, -0.2) is 9.67 Å². The van der Waals surface area contributed by atoms with Crippen LogP contribution in [0.15, 0.2) is 18.6 Å². The monoisotopic (exact) mass is 262 g/mol. The van der Waals surface area contributed by atoms with E-state index >= 15 is 0 Å². The smallest absolute Gasteiger partial charge is 0.141 e. The quantitative estimate of drug-likeness (QED) is 0.859. The number of rotatable bonds is 6. The van der Waals surface area contributed by atoms with Gasteiger partial charge < -0.3 is 5.32 Å². The highest BCUT2D eigenvalue weighted by Crippen LogP contribution is 2.06. The van der Waals surface area contributed by atoms with Gasteiger partial charge in [-0.3, -0.25) is 4.68 Å². The Labute approximate surface area is 113 Å². The molecule has 0 spiro atoms. The van der Waals surface area contributed by atoms with E-state index < -0.39 is 0 Å². The van der Waals surface area contributed by atoms with Gasteiger partial charge in [-0.1, -0.05) is 13.8 Å². The average molecular weight is 262 g/mol. The maximum Gasteiger partial charge on any atom is 0.141 e. The molecule has 0 aliphatic heterocycles. The fraction of sp³-hybridized carbons (Fsp3) is 0.615. The van der Waals surface area contributed by atoms with Crippen molar-refractivity contribution in [1.29, 1.82) is 0 Å². The fourth-order valence-corrected chi connectivity index (χ4v) is 1.76. The predicted molar refractivity (Wildman–Crippen MR) is 73.7 cm³/mol. The summed E-state index contributed by atoms with van der Waals surface area (Å²) >= 11 is 0. The minimum absolute atomic E-state index is 0.381. The van der Waals surface area contributed by atoms with Gasteiger partial charge in [0.25, 0.3) is 0 Å². The third-order valence-corrected chi connectivity index (χ3v) is 2.87. The molecule has 2 aromatic heterocycles. The normalized spacial score (nSPS) is 11.7. The summed E-state index contributed by atoms with van der Waals surface area (Å²) < 4.78 is 3.85. The van der Waals surface area contributed by atoms with Crippen molar-refractivity contribution in [2.24, 2.45) is 0 Å². The Morgan fingerprint density at radius 1 is 1.26 bits per heavy atom. The second kappa shape index (κ2) is 5.97. The van der Waals surface area contributed by atoms with Gasteiger partial charge >= 0.3 is 0 Å². The van der Waals surface area contributed by atoms with Crippen molar-refractivity contribution in [1.82, 2.24) is 29.9 Å². The van der Waals surface area contributed by atoms with Gasteiger partial charge in [-0.05, 0) is 19.9 Å². The van der Waals surface area contributed by atoms with Crippen LogP contribution < -0.4 is 5.32 Å². The summed E-state index contributed by atoms with van der Waals surface area (Å²) in [6.45, 7) is 9.85. The molecule has 0 bridgehead atoms. The van der Waals surface area contributed by atoms with E-state index in [0.717, 1.165) is 18.1 Å². The minimum atomic E-state index is 0.381. The lowest BCUT2D eigenvalue weighted by Crippen LogP contribution is -2.24. The summed E-state index contributed by atoms with van der Waals surface area (Å²) in [5.41, 5.74) is 1.00. The van der Waals surface area contributed by atoms with Crippen molar-refractivity contribution in [3.8, 4) is 0 Å². The zero-order valence-electron chi connectivity index (χ0n) is 12.0. The average Bonchev–Trinajstić information content (AvgIpc) is 2.96. The molecule has 0 fully saturated rings. The first-order valence-electron chi connectivity index (χ1n) is 6.70. The Balaban J connectivity index is 2.04. The van der Waals surface area contributed by atoms with Crippen LogP contribution in [0, 0.1) is 0 Å². The van der Waals surface area contributed by atoms with E-state index in [9.17, 15) is 0 Å². The highest BCUT2D eigenvalue weighted by molar-refractivity contribution is 5.01. The molecular weight excluding hydrogens is 240 g/mol. The van der Waals surface area contributed by atoms with Crippen LogP contribution in [0.25, 0.3) is 0 Å². The van der Waals surface area contributed by atoms with Crippen molar-refractivity contribution >= 4 is 0 Å². The Bertz CT molecular complexity index is 511. The first-order chi connectivity index (χ1) is 9.06. The van der Waals surface area contributed by atoms with Crippen LogP contribution in [0.4, 0.5) is 0 Å². The lowest BCUT2D eigenvalue weighted by atomic mass is 10.4. The van der Waals surface area contributed by atoms with Gasteiger partial charge in [0.2, 0.25) is 0 Å². The molecule has 0 aliphatic carbocycles. The van der Waals surface area contributed by atoms with E-state index in [1.54, 1.807) is 6.33 Å². The Hall–Kier alpha value is -1.69. The highest BCUT2D eigenvalue weighted by Gasteiger charge is 2.08. The SMILES string of the molecule is CC(C)NCc1ncnn1Cc1ccn(C(C)C)n1. The fourth-order valence-electron chi connectivity index (χ4n) is 1.76. The van der Waals surface area contributed by atoms with E-state index in [1.807, 2.05) is 21.6 Å². The summed E-state index contributed by atoms with van der Waals surface area (Å²) in [5, 5.41) is 12.1. The summed E-state index contributed by atoms with van der Waals surface area (Å²) in [7, 11) is 0. The van der Waals surface area contributed by atoms with Crippen LogP contribution in [0.2, 0.25) is 0 Å². The Morgan fingerprint density at radius 2 is 2.05 bits per heavy atom. The van der Waals surface area contributed by atoms with Gasteiger partial charge in [0, 0.05) is 18.3 Å². The van der Waals surface area contributed by atoms with Crippen LogP contribution in [0.5, 0.6) is 0 Å². The van der Waals surface area contributed by atoms with Crippen molar-refractivity contribution in [2.75, 3.05) is 0 Å². The van der Waals surface area contributed by atoms with Crippen LogP contribution in [-0.2, 0) is 13.1 Å². The van der Waals surface area contributed by atoms with Gasteiger partial charge in [0.05, 0.1) is 18.8 Å². The molecule has 0 amide bonds. The molecule has 2 heterocycles. The molecule has 19 heavy (non-hydrogen) atoms. The van der Waals surface area contributed by atoms with Crippen molar-refractivity contribution in [3.05, 3.63) is 30.1 Å². The van der Waals surface area contributed by atoms with Crippen LogP contribution in [-0.4, -0.2) is 30.6 Å². The summed E-state index contributed by atoms with van der Waals surface area (Å²) in [4.78, 5) is 4.28. The largest absolute Gasteiger partial charge is 0.308 e. The molecule has 0 saturated heterocycles. The molecule has 0 unspecified atom stereocenters. The number of aromatic nitrogens is 5. The molecule has 6 nitrogen and oxygen atoms in total. The van der Waals surface area contributed by atoms with Crippen LogP contribution in [0.3, 0.4) is 0 Å². The van der Waals surface area contributed by atoms with E-state index in [2.05, 4.69) is 48.2 Å². The lowest BCUT2D eigenvalue weighted by Gasteiger charge is -2.08. The van der Waals surface area contributed by atoms with Crippen molar-refractivity contribution in [2.45, 2.75) is 52.9 Å². The van der Waals surface area contributed by atoms with E-state index in [-0.39, 0.29) is 0 Å². The molecule has 1 N–H and O–H groups in total. The molecule has 0 aromatic carbocycles. The lowest BCUT2D eigenvalue weighted by molar-refractivity contribution is 0.510. The van der Waals surface area contributed by atoms with Gasteiger partial charge in [0.1, 0.15) is 12.2 Å². The Morgan fingerprint density at radius 3 is 2.68 bits per heavy atom. The first kappa shape index (κ1) is 13.7. The standard InChI is InChI=1S/C13H22N6/c1-10(2)14-7-13-15-9-16-19(13)8-12-5-6-18(17-12)11(3)4/h5-6,9-11,14H,7-8H2,1-4H3. The van der Waals surface area contributed by atoms with E-state index in [1.165, 1.54) is 0 Å². The zero-order chi connectivity index (χ0) is 13.8. The van der Waals surface area contributed by atoms with Crippen molar-refractivity contribution < 1.29 is 0 Å². The van der Waals surface area contributed by atoms with Gasteiger partial charge in [-0.2, -0.15) is 10.2 Å². The molecule has 104 valence electrons. The zero-order valence-corrected chi connectivity index (χ0v) is 12.0. The maximum atomic E-state index is 4.53. The summed E-state index contributed by atoms with van der Waals surface area (Å²) in [6, 6.07) is 2.85. The summed E-state index contributed by atoms with van der Waals surface area (Å²) in [6.07, 6.45) is 3.60.